The van der Waals surface area contributed by atoms with Gasteiger partial charge in [0, 0.05) is 17.9 Å². The second-order valence-corrected chi connectivity index (χ2v) is 5.96. The van der Waals surface area contributed by atoms with E-state index in [1.807, 2.05) is 19.2 Å². The lowest BCUT2D eigenvalue weighted by Crippen LogP contribution is -2.10. The largest absolute Gasteiger partial charge is 0.324 e. The van der Waals surface area contributed by atoms with Crippen LogP contribution in [0.1, 0.15) is 88.4 Å². The van der Waals surface area contributed by atoms with Crippen molar-refractivity contribution in [2.45, 2.75) is 84.1 Å². The zero-order chi connectivity index (χ0) is 14.6. The molecule has 0 spiro atoms. The first-order valence-electron chi connectivity index (χ1n) is 8.42. The minimum atomic E-state index is 0.160. The third-order valence-corrected chi connectivity index (χ3v) is 3.98. The van der Waals surface area contributed by atoms with Crippen LogP contribution < -0.4 is 5.73 Å². The van der Waals surface area contributed by atoms with Gasteiger partial charge in [0.2, 0.25) is 0 Å². The number of nitrogens with two attached hydrogens (primary N) is 1. The lowest BCUT2D eigenvalue weighted by Gasteiger charge is -2.11. The molecular formula is C18H32N2. The maximum Gasteiger partial charge on any atom is 0.0372 e. The highest BCUT2D eigenvalue weighted by atomic mass is 14.7. The smallest absolute Gasteiger partial charge is 0.0372 e. The number of unbranched alkanes of at least 4 members (excludes halogenated alkanes) is 8. The molecular weight excluding hydrogens is 244 g/mol. The molecule has 0 aromatic carbocycles. The van der Waals surface area contributed by atoms with Crippen molar-refractivity contribution in [3.8, 4) is 0 Å². The first-order valence-corrected chi connectivity index (χ1v) is 8.42. The minimum Gasteiger partial charge on any atom is -0.324 e. The fourth-order valence-electron chi connectivity index (χ4n) is 2.54. The third kappa shape index (κ3) is 7.64. The second kappa shape index (κ2) is 10.8. The van der Waals surface area contributed by atoms with Crippen molar-refractivity contribution in [2.75, 3.05) is 0 Å². The van der Waals surface area contributed by atoms with Crippen molar-refractivity contribution in [3.63, 3.8) is 0 Å². The summed E-state index contributed by atoms with van der Waals surface area (Å²) < 4.78 is 0. The topological polar surface area (TPSA) is 38.9 Å². The number of hydrogen-bond donors (Lipinski definition) is 1. The summed E-state index contributed by atoms with van der Waals surface area (Å²) in [5.74, 6) is 0. The Morgan fingerprint density at radius 2 is 1.55 bits per heavy atom. The highest BCUT2D eigenvalue weighted by Gasteiger charge is 2.05. The molecule has 0 amide bonds. The van der Waals surface area contributed by atoms with Crippen molar-refractivity contribution < 1.29 is 0 Å². The van der Waals surface area contributed by atoms with Crippen molar-refractivity contribution in [1.82, 2.24) is 4.98 Å². The Morgan fingerprint density at radius 3 is 2.10 bits per heavy atom. The van der Waals surface area contributed by atoms with E-state index in [0.717, 1.165) is 12.1 Å². The Labute approximate surface area is 125 Å². The molecule has 114 valence electrons. The van der Waals surface area contributed by atoms with E-state index in [2.05, 4.69) is 18.0 Å². The van der Waals surface area contributed by atoms with Gasteiger partial charge in [-0.1, -0.05) is 70.8 Å². The summed E-state index contributed by atoms with van der Waals surface area (Å²) in [6.45, 7) is 4.28. The molecule has 0 aliphatic rings. The molecule has 1 atom stereocenters. The predicted octanol–water partition coefficient (Wildman–Crippen LogP) is 5.31. The van der Waals surface area contributed by atoms with Crippen molar-refractivity contribution in [1.29, 1.82) is 0 Å². The first-order chi connectivity index (χ1) is 9.74. The molecule has 1 heterocycles. The Morgan fingerprint density at radius 1 is 0.950 bits per heavy atom. The van der Waals surface area contributed by atoms with Gasteiger partial charge < -0.3 is 5.73 Å². The molecule has 2 heteroatoms. The van der Waals surface area contributed by atoms with Gasteiger partial charge in [0.15, 0.2) is 0 Å². The van der Waals surface area contributed by atoms with Crippen LogP contribution in [0.25, 0.3) is 0 Å². The number of nitrogens with zero attached hydrogens (tertiary/aromatic N) is 1. The normalized spacial score (nSPS) is 12.6. The van der Waals surface area contributed by atoms with E-state index < -0.39 is 0 Å². The summed E-state index contributed by atoms with van der Waals surface area (Å²) in [5, 5.41) is 0. The average molecular weight is 276 g/mol. The van der Waals surface area contributed by atoms with Crippen LogP contribution in [0.5, 0.6) is 0 Å². The number of hydrogen-bond acceptors (Lipinski definition) is 2. The number of aromatic nitrogens is 1. The Balaban J connectivity index is 1.99. The molecule has 0 fully saturated rings. The monoisotopic (exact) mass is 276 g/mol. The van der Waals surface area contributed by atoms with Crippen LogP contribution in [0.3, 0.4) is 0 Å². The predicted molar refractivity (Wildman–Crippen MR) is 87.7 cm³/mol. The van der Waals surface area contributed by atoms with Crippen LogP contribution in [-0.4, -0.2) is 4.98 Å². The molecule has 1 aromatic heterocycles. The van der Waals surface area contributed by atoms with Crippen LogP contribution in [0.4, 0.5) is 0 Å². The Hall–Kier alpha value is -0.890. The summed E-state index contributed by atoms with van der Waals surface area (Å²) in [7, 11) is 0. The third-order valence-electron chi connectivity index (χ3n) is 3.98. The summed E-state index contributed by atoms with van der Waals surface area (Å²) in [4.78, 5) is 4.31. The quantitative estimate of drug-likeness (QED) is 0.556. The van der Waals surface area contributed by atoms with Crippen LogP contribution in [-0.2, 0) is 0 Å². The average Bonchev–Trinajstić information content (AvgIpc) is 2.46. The fourth-order valence-corrected chi connectivity index (χ4v) is 2.54. The minimum absolute atomic E-state index is 0.160. The molecule has 2 nitrogen and oxygen atoms in total. The van der Waals surface area contributed by atoms with Gasteiger partial charge in [-0.2, -0.15) is 0 Å². The molecule has 0 saturated carbocycles. The SMILES string of the molecule is CCCCCCCCCCCC(N)c1ccc(C)nc1. The summed E-state index contributed by atoms with van der Waals surface area (Å²) in [6.07, 6.45) is 15.3. The van der Waals surface area contributed by atoms with E-state index in [1.54, 1.807) is 0 Å². The van der Waals surface area contributed by atoms with E-state index in [0.29, 0.717) is 0 Å². The molecule has 1 rings (SSSR count). The lowest BCUT2D eigenvalue weighted by molar-refractivity contribution is 0.532. The molecule has 0 bridgehead atoms. The highest BCUT2D eigenvalue weighted by Crippen LogP contribution is 2.18. The van der Waals surface area contributed by atoms with E-state index in [9.17, 15) is 0 Å². The molecule has 20 heavy (non-hydrogen) atoms. The van der Waals surface area contributed by atoms with Gasteiger partial charge >= 0.3 is 0 Å². The summed E-state index contributed by atoms with van der Waals surface area (Å²) in [6, 6.07) is 4.32. The van der Waals surface area contributed by atoms with Crippen molar-refractivity contribution in [2.24, 2.45) is 5.73 Å². The molecule has 1 unspecified atom stereocenters. The summed E-state index contributed by atoms with van der Waals surface area (Å²) >= 11 is 0. The van der Waals surface area contributed by atoms with Crippen LogP contribution in [0.2, 0.25) is 0 Å². The Bertz CT molecular complexity index is 332. The van der Waals surface area contributed by atoms with Gasteiger partial charge in [-0.15, -0.1) is 0 Å². The molecule has 0 saturated heterocycles. The maximum atomic E-state index is 6.20. The maximum absolute atomic E-state index is 6.20. The van der Waals surface area contributed by atoms with Gasteiger partial charge in [-0.3, -0.25) is 4.98 Å². The molecule has 0 aliphatic heterocycles. The van der Waals surface area contributed by atoms with Gasteiger partial charge in [-0.25, -0.2) is 0 Å². The fraction of sp³-hybridized carbons (Fsp3) is 0.722. The van der Waals surface area contributed by atoms with Gasteiger partial charge in [-0.05, 0) is 25.0 Å². The van der Waals surface area contributed by atoms with Gasteiger partial charge in [0.05, 0.1) is 0 Å². The van der Waals surface area contributed by atoms with E-state index in [-0.39, 0.29) is 6.04 Å². The van der Waals surface area contributed by atoms with Gasteiger partial charge in [0.1, 0.15) is 0 Å². The lowest BCUT2D eigenvalue weighted by atomic mass is 10.0. The van der Waals surface area contributed by atoms with Gasteiger partial charge in [0.25, 0.3) is 0 Å². The highest BCUT2D eigenvalue weighted by molar-refractivity contribution is 5.16. The van der Waals surface area contributed by atoms with Crippen molar-refractivity contribution >= 4 is 0 Å². The van der Waals surface area contributed by atoms with Crippen LogP contribution in [0, 0.1) is 6.92 Å². The van der Waals surface area contributed by atoms with E-state index in [4.69, 9.17) is 5.73 Å². The van der Waals surface area contributed by atoms with Crippen molar-refractivity contribution in [3.05, 3.63) is 29.6 Å². The van der Waals surface area contributed by atoms with E-state index >= 15 is 0 Å². The summed E-state index contributed by atoms with van der Waals surface area (Å²) in [5.41, 5.74) is 8.44. The first kappa shape index (κ1) is 17.2. The molecule has 0 aliphatic carbocycles. The number of aryl methyl sites for hydroxylation is 1. The second-order valence-electron chi connectivity index (χ2n) is 5.96. The van der Waals surface area contributed by atoms with Crippen LogP contribution in [0.15, 0.2) is 18.3 Å². The molecule has 1 aromatic rings. The molecule has 0 radical (unpaired) electrons. The van der Waals surface area contributed by atoms with Crippen LogP contribution >= 0.6 is 0 Å². The number of rotatable bonds is 11. The molecule has 2 N–H and O–H groups in total. The number of pyridine rings is 1. The van der Waals surface area contributed by atoms with E-state index in [1.165, 1.54) is 63.4 Å². The standard InChI is InChI=1S/C18H32N2/c1-3-4-5-6-7-8-9-10-11-12-18(19)17-14-13-16(2)20-15-17/h13-15,18H,3-12,19H2,1-2H3. The Kier molecular flexibility index (Phi) is 9.31. The zero-order valence-corrected chi connectivity index (χ0v) is 13.4. The zero-order valence-electron chi connectivity index (χ0n) is 13.4.